The van der Waals surface area contributed by atoms with Crippen LogP contribution in [0.15, 0.2) is 24.3 Å². The van der Waals surface area contributed by atoms with Crippen LogP contribution in [0.25, 0.3) is 0 Å². The maximum Gasteiger partial charge on any atom is 0.409 e. The molecule has 1 aliphatic heterocycles. The smallest absolute Gasteiger partial charge is 0.409 e. The summed E-state index contributed by atoms with van der Waals surface area (Å²) in [5, 5.41) is 13.8. The van der Waals surface area contributed by atoms with Crippen molar-refractivity contribution in [2.75, 3.05) is 25.0 Å². The normalized spacial score (nSPS) is 17.9. The average Bonchev–Trinajstić information content (AvgIpc) is 2.88. The molecule has 1 aromatic carbocycles. The van der Waals surface area contributed by atoms with Gasteiger partial charge in [-0.05, 0) is 25.5 Å². The summed E-state index contributed by atoms with van der Waals surface area (Å²) in [6.07, 6.45) is 0.538. The van der Waals surface area contributed by atoms with Crippen molar-refractivity contribution in [3.63, 3.8) is 0 Å². The van der Waals surface area contributed by atoms with Crippen LogP contribution in [0.3, 0.4) is 0 Å². The summed E-state index contributed by atoms with van der Waals surface area (Å²) in [5.74, 6) is 0. The van der Waals surface area contributed by atoms with Gasteiger partial charge >= 0.3 is 6.09 Å². The second kappa shape index (κ2) is 6.23. The molecule has 0 unspecified atom stereocenters. The molecule has 1 aromatic rings. The Balaban J connectivity index is 1.88. The predicted octanol–water partition coefficient (Wildman–Crippen LogP) is 2.24. The number of nitrogens with one attached hydrogen (secondary N) is 1. The average molecular weight is 279 g/mol. The number of amides is 1. The van der Waals surface area contributed by atoms with Crippen LogP contribution < -0.4 is 5.32 Å². The zero-order valence-electron chi connectivity index (χ0n) is 11.2. The largest absolute Gasteiger partial charge is 0.450 e. The number of nitrogens with zero attached hydrogens (tertiary/aromatic N) is 2. The summed E-state index contributed by atoms with van der Waals surface area (Å²) in [7, 11) is 0. The minimum atomic E-state index is -0.429. The first-order valence-corrected chi connectivity index (χ1v) is 6.53. The first-order valence-electron chi connectivity index (χ1n) is 6.53. The van der Waals surface area contributed by atoms with Crippen LogP contribution in [0.5, 0.6) is 0 Å². The summed E-state index contributed by atoms with van der Waals surface area (Å²) in [4.78, 5) is 23.4. The Morgan fingerprint density at radius 2 is 2.20 bits per heavy atom. The van der Waals surface area contributed by atoms with E-state index in [4.69, 9.17) is 4.74 Å². The zero-order chi connectivity index (χ0) is 14.5. The lowest BCUT2D eigenvalue weighted by Crippen LogP contribution is -2.32. The maximum atomic E-state index is 11.6. The summed E-state index contributed by atoms with van der Waals surface area (Å²) in [6, 6.07) is 6.40. The molecule has 20 heavy (non-hydrogen) atoms. The first kappa shape index (κ1) is 14.1. The highest BCUT2D eigenvalue weighted by Gasteiger charge is 2.26. The third-order valence-corrected chi connectivity index (χ3v) is 3.16. The van der Waals surface area contributed by atoms with E-state index in [9.17, 15) is 14.9 Å². The highest BCUT2D eigenvalue weighted by Crippen LogP contribution is 2.19. The minimum Gasteiger partial charge on any atom is -0.450 e. The van der Waals surface area contributed by atoms with Gasteiger partial charge in [0, 0.05) is 37.0 Å². The first-order chi connectivity index (χ1) is 9.60. The van der Waals surface area contributed by atoms with Gasteiger partial charge in [-0.15, -0.1) is 0 Å². The van der Waals surface area contributed by atoms with Crippen LogP contribution in [0.4, 0.5) is 16.2 Å². The number of carbonyl (C=O) groups excluding carboxylic acids is 1. The number of ether oxygens (including phenoxy) is 1. The number of nitro benzene ring substituents is 1. The van der Waals surface area contributed by atoms with Gasteiger partial charge in [0.05, 0.1) is 11.5 Å². The summed E-state index contributed by atoms with van der Waals surface area (Å²) < 4.78 is 4.95. The van der Waals surface area contributed by atoms with Crippen molar-refractivity contribution in [2.45, 2.75) is 19.4 Å². The molecule has 7 heteroatoms. The van der Waals surface area contributed by atoms with Crippen LogP contribution in [0.1, 0.15) is 13.3 Å². The Labute approximate surface area is 116 Å². The number of benzene rings is 1. The Morgan fingerprint density at radius 3 is 2.80 bits per heavy atom. The molecule has 7 nitrogen and oxygen atoms in total. The van der Waals surface area contributed by atoms with E-state index in [0.717, 1.165) is 12.1 Å². The predicted molar refractivity (Wildman–Crippen MR) is 73.7 cm³/mol. The van der Waals surface area contributed by atoms with Crippen molar-refractivity contribution in [3.8, 4) is 0 Å². The highest BCUT2D eigenvalue weighted by molar-refractivity contribution is 5.68. The SMILES string of the molecule is CCOC(=O)N1CC[C@H](Nc2ccc([N+](=O)[O-])cc2)C1. The topological polar surface area (TPSA) is 84.7 Å². The van der Waals surface area contributed by atoms with Gasteiger partial charge in [0.25, 0.3) is 5.69 Å². The fraction of sp³-hybridized carbons (Fsp3) is 0.462. The quantitative estimate of drug-likeness (QED) is 0.675. The van der Waals surface area contributed by atoms with Gasteiger partial charge in [0.15, 0.2) is 0 Å². The van der Waals surface area contributed by atoms with E-state index in [1.807, 2.05) is 0 Å². The standard InChI is InChI=1S/C13H17N3O4/c1-2-20-13(17)15-8-7-11(9-15)14-10-3-5-12(6-4-10)16(18)19/h3-6,11,14H,2,7-9H2,1H3/t11-/m0/s1. The van der Waals surface area contributed by atoms with Gasteiger partial charge in [0.2, 0.25) is 0 Å². The maximum absolute atomic E-state index is 11.6. The van der Waals surface area contributed by atoms with Crippen molar-refractivity contribution in [1.82, 2.24) is 4.90 Å². The van der Waals surface area contributed by atoms with Crippen LogP contribution in [0, 0.1) is 10.1 Å². The van der Waals surface area contributed by atoms with Crippen LogP contribution in [-0.4, -0.2) is 41.7 Å². The Bertz CT molecular complexity index is 489. The summed E-state index contributed by atoms with van der Waals surface area (Å²) in [5.41, 5.74) is 0.876. The molecule has 1 atom stereocenters. The van der Waals surface area contributed by atoms with E-state index >= 15 is 0 Å². The molecule has 0 aliphatic carbocycles. The lowest BCUT2D eigenvalue weighted by atomic mass is 10.2. The summed E-state index contributed by atoms with van der Waals surface area (Å²) in [6.45, 7) is 3.38. The van der Waals surface area contributed by atoms with Crippen LogP contribution >= 0.6 is 0 Å². The molecule has 1 heterocycles. The second-order valence-corrected chi connectivity index (χ2v) is 4.58. The fourth-order valence-corrected chi connectivity index (χ4v) is 2.17. The molecule has 2 rings (SSSR count). The lowest BCUT2D eigenvalue weighted by Gasteiger charge is -2.17. The Morgan fingerprint density at radius 1 is 1.50 bits per heavy atom. The molecule has 1 fully saturated rings. The van der Waals surface area contributed by atoms with Crippen molar-refractivity contribution in [1.29, 1.82) is 0 Å². The number of carbonyl (C=O) groups is 1. The minimum absolute atomic E-state index is 0.0649. The van der Waals surface area contributed by atoms with Crippen molar-refractivity contribution >= 4 is 17.5 Å². The van der Waals surface area contributed by atoms with E-state index in [1.54, 1.807) is 24.0 Å². The molecular weight excluding hydrogens is 262 g/mol. The molecule has 1 saturated heterocycles. The fourth-order valence-electron chi connectivity index (χ4n) is 2.17. The number of likely N-dealkylation sites (tertiary alicyclic amines) is 1. The molecule has 0 aromatic heterocycles. The van der Waals surface area contributed by atoms with Gasteiger partial charge in [-0.25, -0.2) is 4.79 Å². The molecule has 108 valence electrons. The zero-order valence-corrected chi connectivity index (χ0v) is 11.2. The molecule has 1 N–H and O–H groups in total. The summed E-state index contributed by atoms with van der Waals surface area (Å²) >= 11 is 0. The third kappa shape index (κ3) is 3.37. The number of anilines is 1. The number of nitro groups is 1. The molecule has 0 saturated carbocycles. The second-order valence-electron chi connectivity index (χ2n) is 4.58. The van der Waals surface area contributed by atoms with Crippen LogP contribution in [0.2, 0.25) is 0 Å². The van der Waals surface area contributed by atoms with Gasteiger partial charge in [0.1, 0.15) is 0 Å². The Kier molecular flexibility index (Phi) is 4.39. The third-order valence-electron chi connectivity index (χ3n) is 3.16. The molecular formula is C13H17N3O4. The number of hydrogen-bond acceptors (Lipinski definition) is 5. The Hall–Kier alpha value is -2.31. The van der Waals surface area contributed by atoms with Crippen molar-refractivity contribution in [2.24, 2.45) is 0 Å². The van der Waals surface area contributed by atoms with E-state index < -0.39 is 4.92 Å². The van der Waals surface area contributed by atoms with Gasteiger partial charge < -0.3 is 15.0 Å². The van der Waals surface area contributed by atoms with Gasteiger partial charge in [-0.3, -0.25) is 10.1 Å². The number of non-ortho nitro benzene ring substituents is 1. The molecule has 1 amide bonds. The van der Waals surface area contributed by atoms with E-state index in [2.05, 4.69) is 5.32 Å². The number of hydrogen-bond donors (Lipinski definition) is 1. The van der Waals surface area contributed by atoms with Crippen molar-refractivity contribution in [3.05, 3.63) is 34.4 Å². The van der Waals surface area contributed by atoms with Gasteiger partial charge in [-0.2, -0.15) is 0 Å². The molecule has 0 bridgehead atoms. The van der Waals surface area contributed by atoms with E-state index in [-0.39, 0.29) is 17.8 Å². The molecule has 0 radical (unpaired) electrons. The molecule has 1 aliphatic rings. The van der Waals surface area contributed by atoms with Crippen LogP contribution in [-0.2, 0) is 4.74 Å². The van der Waals surface area contributed by atoms with Crippen molar-refractivity contribution < 1.29 is 14.5 Å². The van der Waals surface area contributed by atoms with E-state index in [0.29, 0.717) is 19.7 Å². The van der Waals surface area contributed by atoms with Gasteiger partial charge in [-0.1, -0.05) is 0 Å². The number of rotatable bonds is 4. The highest BCUT2D eigenvalue weighted by atomic mass is 16.6. The lowest BCUT2D eigenvalue weighted by molar-refractivity contribution is -0.384. The monoisotopic (exact) mass is 279 g/mol. The molecule has 0 spiro atoms. The van der Waals surface area contributed by atoms with E-state index in [1.165, 1.54) is 12.1 Å².